The number of ether oxygens (including phenoxy) is 1. The highest BCUT2D eigenvalue weighted by Crippen LogP contribution is 1.99. The lowest BCUT2D eigenvalue weighted by molar-refractivity contribution is -0.122. The second-order valence-electron chi connectivity index (χ2n) is 2.92. The number of pyridine rings is 1. The summed E-state index contributed by atoms with van der Waals surface area (Å²) in [6, 6.07) is 5.66. The zero-order chi connectivity index (χ0) is 9.68. The van der Waals surface area contributed by atoms with Gasteiger partial charge in [0.2, 0.25) is 0 Å². The Morgan fingerprint density at radius 3 is 2.92 bits per heavy atom. The SMILES string of the molecule is COCC(=O)Cc1cccc(C)n1. The van der Waals surface area contributed by atoms with Gasteiger partial charge in [0.15, 0.2) is 5.78 Å². The van der Waals surface area contributed by atoms with E-state index in [4.69, 9.17) is 4.74 Å². The maximum Gasteiger partial charge on any atom is 0.164 e. The second kappa shape index (κ2) is 4.72. The van der Waals surface area contributed by atoms with E-state index in [-0.39, 0.29) is 12.4 Å². The topological polar surface area (TPSA) is 39.2 Å². The van der Waals surface area contributed by atoms with E-state index in [2.05, 4.69) is 4.98 Å². The van der Waals surface area contributed by atoms with Gasteiger partial charge < -0.3 is 4.74 Å². The van der Waals surface area contributed by atoms with Gasteiger partial charge in [-0.05, 0) is 19.1 Å². The Labute approximate surface area is 77.8 Å². The lowest BCUT2D eigenvalue weighted by atomic mass is 10.2. The molecule has 1 aromatic rings. The van der Waals surface area contributed by atoms with Gasteiger partial charge in [0, 0.05) is 18.5 Å². The van der Waals surface area contributed by atoms with Crippen LogP contribution in [0.5, 0.6) is 0 Å². The molecule has 1 rings (SSSR count). The van der Waals surface area contributed by atoms with Gasteiger partial charge >= 0.3 is 0 Å². The van der Waals surface area contributed by atoms with Crippen molar-refractivity contribution in [2.45, 2.75) is 13.3 Å². The molecule has 0 N–H and O–H groups in total. The predicted molar refractivity (Wildman–Crippen MR) is 49.6 cm³/mol. The summed E-state index contributed by atoms with van der Waals surface area (Å²) >= 11 is 0. The lowest BCUT2D eigenvalue weighted by Crippen LogP contribution is -2.10. The minimum atomic E-state index is 0.0561. The molecular formula is C10H13NO2. The number of aryl methyl sites for hydroxylation is 1. The number of aromatic nitrogens is 1. The average molecular weight is 179 g/mol. The van der Waals surface area contributed by atoms with E-state index in [0.29, 0.717) is 6.42 Å². The molecule has 0 aromatic carbocycles. The molecule has 1 heterocycles. The fourth-order valence-electron chi connectivity index (χ4n) is 1.11. The third-order valence-electron chi connectivity index (χ3n) is 1.63. The van der Waals surface area contributed by atoms with Gasteiger partial charge in [-0.2, -0.15) is 0 Å². The van der Waals surface area contributed by atoms with Crippen LogP contribution in [0.4, 0.5) is 0 Å². The molecule has 3 heteroatoms. The number of Topliss-reactive ketones (excluding diaryl/α,β-unsaturated/α-hetero) is 1. The molecule has 0 fully saturated rings. The van der Waals surface area contributed by atoms with Crippen LogP contribution in [0.15, 0.2) is 18.2 Å². The number of hydrogen-bond donors (Lipinski definition) is 0. The first-order chi connectivity index (χ1) is 6.22. The van der Waals surface area contributed by atoms with Gasteiger partial charge in [-0.25, -0.2) is 0 Å². The first-order valence-electron chi connectivity index (χ1n) is 4.15. The van der Waals surface area contributed by atoms with Gasteiger partial charge in [-0.15, -0.1) is 0 Å². The van der Waals surface area contributed by atoms with Crippen LogP contribution in [0, 0.1) is 6.92 Å². The lowest BCUT2D eigenvalue weighted by Gasteiger charge is -2.00. The predicted octanol–water partition coefficient (Wildman–Crippen LogP) is 1.15. The van der Waals surface area contributed by atoms with Crippen LogP contribution in [-0.2, 0) is 16.0 Å². The summed E-state index contributed by atoms with van der Waals surface area (Å²) < 4.78 is 4.73. The van der Waals surface area contributed by atoms with Gasteiger partial charge in [-0.1, -0.05) is 6.07 Å². The maximum absolute atomic E-state index is 11.2. The average Bonchev–Trinajstić information content (AvgIpc) is 2.04. The minimum Gasteiger partial charge on any atom is -0.377 e. The van der Waals surface area contributed by atoms with E-state index in [0.717, 1.165) is 11.4 Å². The highest BCUT2D eigenvalue weighted by molar-refractivity contribution is 5.81. The number of rotatable bonds is 4. The van der Waals surface area contributed by atoms with Crippen LogP contribution in [0.2, 0.25) is 0 Å². The van der Waals surface area contributed by atoms with E-state index < -0.39 is 0 Å². The molecule has 0 spiro atoms. The summed E-state index contributed by atoms with van der Waals surface area (Å²) in [5.74, 6) is 0.0561. The molecule has 0 aliphatic rings. The summed E-state index contributed by atoms with van der Waals surface area (Å²) in [7, 11) is 1.52. The van der Waals surface area contributed by atoms with Gasteiger partial charge in [0.25, 0.3) is 0 Å². The Bertz CT molecular complexity index is 297. The highest BCUT2D eigenvalue weighted by Gasteiger charge is 2.03. The Morgan fingerprint density at radius 1 is 1.54 bits per heavy atom. The zero-order valence-corrected chi connectivity index (χ0v) is 7.91. The zero-order valence-electron chi connectivity index (χ0n) is 7.91. The summed E-state index contributed by atoms with van der Waals surface area (Å²) in [4.78, 5) is 15.4. The van der Waals surface area contributed by atoms with Crippen LogP contribution >= 0.6 is 0 Å². The molecule has 0 aliphatic carbocycles. The third-order valence-corrected chi connectivity index (χ3v) is 1.63. The first kappa shape index (κ1) is 9.86. The van der Waals surface area contributed by atoms with Crippen molar-refractivity contribution in [3.8, 4) is 0 Å². The Kier molecular flexibility index (Phi) is 3.58. The van der Waals surface area contributed by atoms with Crippen molar-refractivity contribution in [1.82, 2.24) is 4.98 Å². The number of methoxy groups -OCH3 is 1. The molecule has 0 bridgehead atoms. The standard InChI is InChI=1S/C10H13NO2/c1-8-4-3-5-9(11-8)6-10(12)7-13-2/h3-5H,6-7H2,1-2H3. The largest absolute Gasteiger partial charge is 0.377 e. The highest BCUT2D eigenvalue weighted by atomic mass is 16.5. The van der Waals surface area contributed by atoms with Crippen molar-refractivity contribution >= 4 is 5.78 Å². The number of hydrogen-bond acceptors (Lipinski definition) is 3. The third kappa shape index (κ3) is 3.34. The Balaban J connectivity index is 2.58. The second-order valence-corrected chi connectivity index (χ2v) is 2.92. The van der Waals surface area contributed by atoms with Crippen LogP contribution in [0.3, 0.4) is 0 Å². The fourth-order valence-corrected chi connectivity index (χ4v) is 1.11. The van der Waals surface area contributed by atoms with Crippen LogP contribution in [0.1, 0.15) is 11.4 Å². The molecule has 0 aliphatic heterocycles. The summed E-state index contributed by atoms with van der Waals surface area (Å²) in [6.45, 7) is 2.07. The van der Waals surface area contributed by atoms with Crippen molar-refractivity contribution < 1.29 is 9.53 Å². The molecule has 0 saturated heterocycles. The molecule has 0 radical (unpaired) electrons. The Hall–Kier alpha value is -1.22. The summed E-state index contributed by atoms with van der Waals surface area (Å²) in [5, 5.41) is 0. The van der Waals surface area contributed by atoms with E-state index in [9.17, 15) is 4.79 Å². The molecular weight excluding hydrogens is 166 g/mol. The van der Waals surface area contributed by atoms with Crippen molar-refractivity contribution in [1.29, 1.82) is 0 Å². The molecule has 0 unspecified atom stereocenters. The monoisotopic (exact) mass is 179 g/mol. The number of ketones is 1. The number of nitrogens with zero attached hydrogens (tertiary/aromatic N) is 1. The van der Waals surface area contributed by atoms with Crippen molar-refractivity contribution in [2.24, 2.45) is 0 Å². The summed E-state index contributed by atoms with van der Waals surface area (Å²) in [6.07, 6.45) is 0.357. The summed E-state index contributed by atoms with van der Waals surface area (Å²) in [5.41, 5.74) is 1.74. The van der Waals surface area contributed by atoms with Gasteiger partial charge in [0.1, 0.15) is 6.61 Å². The van der Waals surface area contributed by atoms with E-state index in [1.807, 2.05) is 25.1 Å². The van der Waals surface area contributed by atoms with Crippen LogP contribution in [0.25, 0.3) is 0 Å². The smallest absolute Gasteiger partial charge is 0.164 e. The molecule has 1 aromatic heterocycles. The van der Waals surface area contributed by atoms with Crippen molar-refractivity contribution in [3.63, 3.8) is 0 Å². The minimum absolute atomic E-state index is 0.0561. The van der Waals surface area contributed by atoms with Crippen LogP contribution < -0.4 is 0 Å². The maximum atomic E-state index is 11.2. The molecule has 0 atom stereocenters. The van der Waals surface area contributed by atoms with Crippen molar-refractivity contribution in [2.75, 3.05) is 13.7 Å². The van der Waals surface area contributed by atoms with Gasteiger partial charge in [-0.3, -0.25) is 9.78 Å². The molecule has 0 saturated carbocycles. The van der Waals surface area contributed by atoms with E-state index in [1.54, 1.807) is 0 Å². The molecule has 70 valence electrons. The normalized spacial score (nSPS) is 10.0. The molecule has 13 heavy (non-hydrogen) atoms. The molecule has 3 nitrogen and oxygen atoms in total. The van der Waals surface area contributed by atoms with Crippen molar-refractivity contribution in [3.05, 3.63) is 29.6 Å². The Morgan fingerprint density at radius 2 is 2.31 bits per heavy atom. The van der Waals surface area contributed by atoms with Gasteiger partial charge in [0.05, 0.1) is 6.42 Å². The fraction of sp³-hybridized carbons (Fsp3) is 0.400. The first-order valence-corrected chi connectivity index (χ1v) is 4.15. The van der Waals surface area contributed by atoms with E-state index >= 15 is 0 Å². The molecule has 0 amide bonds. The van der Waals surface area contributed by atoms with Crippen LogP contribution in [-0.4, -0.2) is 24.5 Å². The number of carbonyl (C=O) groups is 1. The van der Waals surface area contributed by atoms with E-state index in [1.165, 1.54) is 7.11 Å². The number of carbonyl (C=O) groups excluding carboxylic acids is 1. The quantitative estimate of drug-likeness (QED) is 0.696.